The maximum Gasteiger partial charge on any atom is 0.269 e. The monoisotopic (exact) mass is 501 g/mol. The number of hydrogen-bond donors (Lipinski definition) is 1. The number of rotatable bonds is 6. The standard InChI is InChI=1S/C26H23N5O2S2/c1-17-6-15-23(29(17)2)25-24(22-5-3-4-16-27-22)28-26(34)30(25)18-7-11-20(12-8-18)35-21-13-9-19(10-14-21)31(32)33/h3-16,24-25H,1-2H3,(H,28,34)/t24-,25-/m1/s1. The SMILES string of the molecule is Cc1ccc([C@@H]2[C@@H](c3ccccn3)NC(=S)N2c2ccc(Sc3ccc([N+](=O)[O-])cc3)cc2)n1C. The molecular weight excluding hydrogens is 478 g/mol. The minimum atomic E-state index is -0.390. The van der Waals surface area contributed by atoms with E-state index in [9.17, 15) is 10.1 Å². The van der Waals surface area contributed by atoms with Crippen LogP contribution in [0.25, 0.3) is 0 Å². The van der Waals surface area contributed by atoms with Crippen LogP contribution in [0.1, 0.15) is 29.2 Å². The molecule has 7 nitrogen and oxygen atoms in total. The summed E-state index contributed by atoms with van der Waals surface area (Å²) in [6.07, 6.45) is 1.81. The van der Waals surface area contributed by atoms with Crippen molar-refractivity contribution in [3.63, 3.8) is 0 Å². The predicted octanol–water partition coefficient (Wildman–Crippen LogP) is 5.97. The number of aryl methyl sites for hydroxylation is 1. The van der Waals surface area contributed by atoms with Crippen LogP contribution in [0.3, 0.4) is 0 Å². The van der Waals surface area contributed by atoms with Gasteiger partial charge in [-0.2, -0.15) is 0 Å². The minimum absolute atomic E-state index is 0.0655. The Morgan fingerprint density at radius 2 is 1.69 bits per heavy atom. The molecule has 0 amide bonds. The van der Waals surface area contributed by atoms with Crippen molar-refractivity contribution in [2.75, 3.05) is 4.90 Å². The van der Waals surface area contributed by atoms with Crippen LogP contribution in [-0.4, -0.2) is 19.6 Å². The fraction of sp³-hybridized carbons (Fsp3) is 0.154. The summed E-state index contributed by atoms with van der Waals surface area (Å²) < 4.78 is 2.20. The first-order valence-electron chi connectivity index (χ1n) is 11.1. The Morgan fingerprint density at radius 3 is 2.26 bits per heavy atom. The molecule has 1 aliphatic heterocycles. The van der Waals surface area contributed by atoms with Gasteiger partial charge in [0.15, 0.2) is 5.11 Å². The van der Waals surface area contributed by atoms with E-state index in [1.165, 1.54) is 17.8 Å². The lowest BCUT2D eigenvalue weighted by atomic mass is 10.0. The van der Waals surface area contributed by atoms with Gasteiger partial charge in [0.1, 0.15) is 6.04 Å². The summed E-state index contributed by atoms with van der Waals surface area (Å²) in [6, 6.07) is 24.8. The van der Waals surface area contributed by atoms with Crippen LogP contribution in [0, 0.1) is 17.0 Å². The van der Waals surface area contributed by atoms with Gasteiger partial charge in [-0.1, -0.05) is 17.8 Å². The lowest BCUT2D eigenvalue weighted by Crippen LogP contribution is -2.30. The highest BCUT2D eigenvalue weighted by atomic mass is 32.2. The van der Waals surface area contributed by atoms with Gasteiger partial charge >= 0.3 is 0 Å². The largest absolute Gasteiger partial charge is 0.351 e. The Bertz CT molecular complexity index is 1370. The van der Waals surface area contributed by atoms with E-state index in [1.807, 2.05) is 30.3 Å². The Balaban J connectivity index is 1.45. The Morgan fingerprint density at radius 1 is 1.00 bits per heavy atom. The molecule has 4 aromatic rings. The molecule has 0 aliphatic carbocycles. The van der Waals surface area contributed by atoms with Gasteiger partial charge in [0, 0.05) is 52.2 Å². The number of aromatic nitrogens is 2. The first-order chi connectivity index (χ1) is 16.9. The molecule has 3 heterocycles. The number of benzene rings is 2. The highest BCUT2D eigenvalue weighted by Gasteiger charge is 2.41. The van der Waals surface area contributed by atoms with Crippen LogP contribution in [0.5, 0.6) is 0 Å². The second kappa shape index (κ2) is 9.52. The number of thiocarbonyl (C=S) groups is 1. The summed E-state index contributed by atoms with van der Waals surface area (Å²) in [6.45, 7) is 2.09. The number of nitrogens with one attached hydrogen (secondary N) is 1. The number of hydrogen-bond acceptors (Lipinski definition) is 5. The van der Waals surface area contributed by atoms with E-state index in [4.69, 9.17) is 12.2 Å². The fourth-order valence-corrected chi connectivity index (χ4v) is 5.47. The van der Waals surface area contributed by atoms with Crippen molar-refractivity contribution in [2.24, 2.45) is 7.05 Å². The van der Waals surface area contributed by atoms with Gasteiger partial charge in [-0.05, 0) is 79.8 Å². The van der Waals surface area contributed by atoms with Gasteiger partial charge in [-0.3, -0.25) is 15.1 Å². The van der Waals surface area contributed by atoms with Crippen molar-refractivity contribution in [1.29, 1.82) is 0 Å². The zero-order valence-electron chi connectivity index (χ0n) is 19.2. The molecule has 0 radical (unpaired) electrons. The van der Waals surface area contributed by atoms with Crippen LogP contribution in [-0.2, 0) is 7.05 Å². The number of nitrogens with zero attached hydrogens (tertiary/aromatic N) is 4. The minimum Gasteiger partial charge on any atom is -0.351 e. The van der Waals surface area contributed by atoms with E-state index in [0.717, 1.165) is 26.9 Å². The van der Waals surface area contributed by atoms with Crippen LogP contribution < -0.4 is 10.2 Å². The normalized spacial score (nSPS) is 17.4. The molecule has 9 heteroatoms. The third kappa shape index (κ3) is 4.52. The van der Waals surface area contributed by atoms with Gasteiger partial charge in [-0.25, -0.2) is 0 Å². The third-order valence-corrected chi connectivity index (χ3v) is 7.54. The van der Waals surface area contributed by atoms with Gasteiger partial charge in [0.05, 0.1) is 16.7 Å². The first-order valence-corrected chi connectivity index (χ1v) is 12.3. The fourth-order valence-electron chi connectivity index (χ4n) is 4.31. The molecule has 0 unspecified atom stereocenters. The van der Waals surface area contributed by atoms with E-state index < -0.39 is 0 Å². The summed E-state index contributed by atoms with van der Waals surface area (Å²) in [5, 5.41) is 15.0. The zero-order valence-corrected chi connectivity index (χ0v) is 20.8. The summed E-state index contributed by atoms with van der Waals surface area (Å²) >= 11 is 7.37. The predicted molar refractivity (Wildman–Crippen MR) is 142 cm³/mol. The molecule has 0 bridgehead atoms. The molecule has 2 atom stereocenters. The second-order valence-corrected chi connectivity index (χ2v) is 9.84. The van der Waals surface area contributed by atoms with E-state index >= 15 is 0 Å². The summed E-state index contributed by atoms with van der Waals surface area (Å²) in [4.78, 5) is 19.2. The molecule has 1 fully saturated rings. The smallest absolute Gasteiger partial charge is 0.269 e. The van der Waals surface area contributed by atoms with Crippen molar-refractivity contribution in [1.82, 2.24) is 14.9 Å². The molecule has 5 rings (SSSR count). The Hall–Kier alpha value is -3.69. The molecule has 1 aliphatic rings. The maximum atomic E-state index is 10.9. The number of nitro groups is 1. The molecule has 1 saturated heterocycles. The molecule has 2 aromatic carbocycles. The molecule has 0 spiro atoms. The van der Waals surface area contributed by atoms with Gasteiger partial charge in [0.2, 0.25) is 0 Å². The molecule has 1 N–H and O–H groups in total. The van der Waals surface area contributed by atoms with Crippen LogP contribution >= 0.6 is 24.0 Å². The maximum absolute atomic E-state index is 10.9. The highest BCUT2D eigenvalue weighted by molar-refractivity contribution is 7.99. The van der Waals surface area contributed by atoms with Crippen molar-refractivity contribution < 1.29 is 4.92 Å². The lowest BCUT2D eigenvalue weighted by Gasteiger charge is -2.28. The number of pyridine rings is 1. The van der Waals surface area contributed by atoms with E-state index in [2.05, 4.69) is 58.0 Å². The topological polar surface area (TPSA) is 76.2 Å². The second-order valence-electron chi connectivity index (χ2n) is 8.30. The quantitative estimate of drug-likeness (QED) is 0.198. The van der Waals surface area contributed by atoms with Gasteiger partial charge < -0.3 is 14.8 Å². The number of anilines is 1. The van der Waals surface area contributed by atoms with Crippen molar-refractivity contribution in [3.05, 3.63) is 112 Å². The van der Waals surface area contributed by atoms with Crippen LogP contribution in [0.2, 0.25) is 0 Å². The molecular formula is C26H23N5O2S2. The van der Waals surface area contributed by atoms with Crippen LogP contribution in [0.4, 0.5) is 11.4 Å². The van der Waals surface area contributed by atoms with Crippen molar-refractivity contribution >= 4 is 40.5 Å². The van der Waals surface area contributed by atoms with E-state index in [-0.39, 0.29) is 22.7 Å². The van der Waals surface area contributed by atoms with Gasteiger partial charge in [0.25, 0.3) is 5.69 Å². The van der Waals surface area contributed by atoms with Crippen LogP contribution in [0.15, 0.2) is 94.9 Å². The summed E-state index contributed by atoms with van der Waals surface area (Å²) in [5.74, 6) is 0. The first kappa shape index (κ1) is 23.1. The average Bonchev–Trinajstić information content (AvgIpc) is 3.38. The Kier molecular flexibility index (Phi) is 6.27. The average molecular weight is 502 g/mol. The molecule has 2 aromatic heterocycles. The molecule has 0 saturated carbocycles. The highest BCUT2D eigenvalue weighted by Crippen LogP contribution is 2.42. The van der Waals surface area contributed by atoms with E-state index in [1.54, 1.807) is 30.1 Å². The molecule has 176 valence electrons. The zero-order chi connectivity index (χ0) is 24.5. The van der Waals surface area contributed by atoms with Gasteiger partial charge in [-0.15, -0.1) is 0 Å². The summed E-state index contributed by atoms with van der Waals surface area (Å²) in [5.41, 5.74) is 4.33. The molecule has 35 heavy (non-hydrogen) atoms. The van der Waals surface area contributed by atoms with Crippen molar-refractivity contribution in [3.8, 4) is 0 Å². The number of nitro benzene ring substituents is 1. The Labute approximate surface area is 213 Å². The number of non-ortho nitro benzene ring substituents is 1. The lowest BCUT2D eigenvalue weighted by molar-refractivity contribution is -0.384. The third-order valence-electron chi connectivity index (χ3n) is 6.21. The summed E-state index contributed by atoms with van der Waals surface area (Å²) in [7, 11) is 2.07. The van der Waals surface area contributed by atoms with E-state index in [0.29, 0.717) is 5.11 Å². The van der Waals surface area contributed by atoms with Crippen molar-refractivity contribution in [2.45, 2.75) is 28.8 Å².